The number of ether oxygens (including phenoxy) is 2. The predicted molar refractivity (Wildman–Crippen MR) is 110 cm³/mol. The summed E-state index contributed by atoms with van der Waals surface area (Å²) < 4.78 is 12.9. The van der Waals surface area contributed by atoms with Gasteiger partial charge in [-0.15, -0.1) is 5.10 Å². The lowest BCUT2D eigenvalue weighted by atomic mass is 10.1. The molecule has 1 aliphatic carbocycles. The molecule has 1 aromatic heterocycles. The molecule has 0 bridgehead atoms. The average molecular weight is 404 g/mol. The van der Waals surface area contributed by atoms with Gasteiger partial charge in [-0.3, -0.25) is 4.79 Å². The number of hydrogen-bond acceptors (Lipinski definition) is 5. The molecule has 0 N–H and O–H groups in total. The molecule has 2 aliphatic rings. The van der Waals surface area contributed by atoms with Crippen molar-refractivity contribution in [2.45, 2.75) is 25.2 Å². The second kappa shape index (κ2) is 8.38. The number of nitrogens with zero attached hydrogens (tertiary/aromatic N) is 4. The molecule has 2 heterocycles. The predicted octanol–water partition coefficient (Wildman–Crippen LogP) is 2.77. The lowest BCUT2D eigenvalue weighted by molar-refractivity contribution is -0.139. The van der Waals surface area contributed by atoms with Gasteiger partial charge in [0.25, 0.3) is 0 Å². The number of carbonyl (C=O) groups is 1. The molecule has 1 saturated carbocycles. The fourth-order valence-electron chi connectivity index (χ4n) is 3.97. The first kappa shape index (κ1) is 19.0. The number of aromatic nitrogens is 3. The van der Waals surface area contributed by atoms with Crippen molar-refractivity contribution in [1.82, 2.24) is 19.9 Å². The first-order valence-corrected chi connectivity index (χ1v) is 10.3. The van der Waals surface area contributed by atoms with Gasteiger partial charge in [-0.1, -0.05) is 53.7 Å². The fourth-order valence-corrected chi connectivity index (χ4v) is 3.97. The van der Waals surface area contributed by atoms with Crippen LogP contribution in [0.3, 0.4) is 0 Å². The molecule has 0 radical (unpaired) electrons. The molecule has 0 spiro atoms. The van der Waals surface area contributed by atoms with Crippen molar-refractivity contribution in [3.63, 3.8) is 0 Å². The Morgan fingerprint density at radius 2 is 1.73 bits per heavy atom. The van der Waals surface area contributed by atoms with Crippen molar-refractivity contribution in [2.75, 3.05) is 19.8 Å². The van der Waals surface area contributed by atoms with E-state index in [9.17, 15) is 4.79 Å². The molecule has 2 atom stereocenters. The minimum atomic E-state index is -0.382. The Labute approximate surface area is 175 Å². The molecule has 0 unspecified atom stereocenters. The van der Waals surface area contributed by atoms with Gasteiger partial charge in [0.05, 0.1) is 38.2 Å². The van der Waals surface area contributed by atoms with Gasteiger partial charge in [-0.05, 0) is 30.0 Å². The van der Waals surface area contributed by atoms with Crippen LogP contribution >= 0.6 is 0 Å². The monoisotopic (exact) mass is 404 g/mol. The van der Waals surface area contributed by atoms with Crippen molar-refractivity contribution >= 4 is 5.91 Å². The number of benzene rings is 2. The maximum atomic E-state index is 13.3. The Morgan fingerprint density at radius 1 is 1.03 bits per heavy atom. The normalized spacial score (nSPS) is 20.9. The van der Waals surface area contributed by atoms with Crippen molar-refractivity contribution < 1.29 is 14.3 Å². The van der Waals surface area contributed by atoms with Crippen molar-refractivity contribution in [2.24, 2.45) is 5.92 Å². The number of carbonyl (C=O) groups excluding carboxylic acids is 1. The standard InChI is InChI=1S/C23H24N4O3/c28-23(21-13-20(21)17-7-3-1-4-8-17)26(16-22-29-11-12-30-22)14-18-15-27(25-24-18)19-9-5-2-6-10-19/h1-10,15,20-22H,11-14,16H2/t20-,21+/m0/s1. The smallest absolute Gasteiger partial charge is 0.226 e. The molecule has 5 rings (SSSR count). The quantitative estimate of drug-likeness (QED) is 0.606. The Kier molecular flexibility index (Phi) is 5.29. The van der Waals surface area contributed by atoms with E-state index in [1.807, 2.05) is 59.6 Å². The number of para-hydroxylation sites is 1. The Hall–Kier alpha value is -3.03. The van der Waals surface area contributed by atoms with E-state index >= 15 is 0 Å². The molecular weight excluding hydrogens is 380 g/mol. The van der Waals surface area contributed by atoms with Gasteiger partial charge < -0.3 is 14.4 Å². The summed E-state index contributed by atoms with van der Waals surface area (Å²) in [5, 5.41) is 8.50. The highest BCUT2D eigenvalue weighted by molar-refractivity contribution is 5.83. The lowest BCUT2D eigenvalue weighted by Gasteiger charge is -2.24. The average Bonchev–Trinajstić information content (AvgIpc) is 3.17. The van der Waals surface area contributed by atoms with E-state index in [2.05, 4.69) is 22.4 Å². The third kappa shape index (κ3) is 4.13. The summed E-state index contributed by atoms with van der Waals surface area (Å²) in [6.07, 6.45) is 2.36. The van der Waals surface area contributed by atoms with Crippen LogP contribution in [0.15, 0.2) is 66.9 Å². The molecule has 7 nitrogen and oxygen atoms in total. The zero-order chi connectivity index (χ0) is 20.3. The van der Waals surface area contributed by atoms with E-state index in [4.69, 9.17) is 9.47 Å². The number of hydrogen-bond donors (Lipinski definition) is 0. The van der Waals surface area contributed by atoms with E-state index in [0.717, 1.165) is 17.8 Å². The number of amides is 1. The second-order valence-corrected chi connectivity index (χ2v) is 7.74. The topological polar surface area (TPSA) is 69.5 Å². The number of rotatable bonds is 7. The third-order valence-corrected chi connectivity index (χ3v) is 5.62. The maximum Gasteiger partial charge on any atom is 0.226 e. The van der Waals surface area contributed by atoms with Crippen molar-refractivity contribution in [1.29, 1.82) is 0 Å². The van der Waals surface area contributed by atoms with Crippen LogP contribution in [0, 0.1) is 5.92 Å². The van der Waals surface area contributed by atoms with E-state index in [0.29, 0.717) is 26.3 Å². The minimum Gasteiger partial charge on any atom is -0.348 e. The summed E-state index contributed by atoms with van der Waals surface area (Å²) in [7, 11) is 0. The Balaban J connectivity index is 1.31. The van der Waals surface area contributed by atoms with E-state index in [1.54, 1.807) is 4.68 Å². The second-order valence-electron chi connectivity index (χ2n) is 7.74. The summed E-state index contributed by atoms with van der Waals surface area (Å²) in [4.78, 5) is 15.1. The zero-order valence-electron chi connectivity index (χ0n) is 16.6. The first-order chi connectivity index (χ1) is 14.8. The van der Waals surface area contributed by atoms with Crippen LogP contribution in [0.4, 0.5) is 0 Å². The van der Waals surface area contributed by atoms with E-state index < -0.39 is 0 Å². The summed E-state index contributed by atoms with van der Waals surface area (Å²) in [5.74, 6) is 0.404. The molecule has 1 saturated heterocycles. The molecule has 154 valence electrons. The molecule has 2 fully saturated rings. The first-order valence-electron chi connectivity index (χ1n) is 10.3. The van der Waals surface area contributed by atoms with Crippen LogP contribution in [0.25, 0.3) is 5.69 Å². The maximum absolute atomic E-state index is 13.3. The van der Waals surface area contributed by atoms with E-state index in [1.165, 1.54) is 5.56 Å². The molecule has 7 heteroatoms. The summed E-state index contributed by atoms with van der Waals surface area (Å²) in [5.41, 5.74) is 2.89. The van der Waals surface area contributed by atoms with Gasteiger partial charge in [0.2, 0.25) is 5.91 Å². The summed E-state index contributed by atoms with van der Waals surface area (Å²) in [6, 6.07) is 20.0. The van der Waals surface area contributed by atoms with Crippen LogP contribution in [0.5, 0.6) is 0 Å². The SMILES string of the molecule is O=C([C@@H]1C[C@H]1c1ccccc1)N(Cc1cn(-c2ccccc2)nn1)CC1OCCO1. The molecule has 30 heavy (non-hydrogen) atoms. The third-order valence-electron chi connectivity index (χ3n) is 5.62. The highest BCUT2D eigenvalue weighted by atomic mass is 16.7. The van der Waals surface area contributed by atoms with Gasteiger partial charge in [-0.25, -0.2) is 4.68 Å². The van der Waals surface area contributed by atoms with Crippen LogP contribution in [-0.2, 0) is 20.8 Å². The molecule has 1 aliphatic heterocycles. The molecular formula is C23H24N4O3. The van der Waals surface area contributed by atoms with Gasteiger partial charge in [0.15, 0.2) is 6.29 Å². The van der Waals surface area contributed by atoms with Crippen LogP contribution in [0.1, 0.15) is 23.6 Å². The molecule has 2 aromatic carbocycles. The zero-order valence-corrected chi connectivity index (χ0v) is 16.6. The molecule has 1 amide bonds. The van der Waals surface area contributed by atoms with Gasteiger partial charge in [-0.2, -0.15) is 0 Å². The van der Waals surface area contributed by atoms with Crippen LogP contribution < -0.4 is 0 Å². The van der Waals surface area contributed by atoms with Gasteiger partial charge in [0.1, 0.15) is 5.69 Å². The summed E-state index contributed by atoms with van der Waals surface area (Å²) >= 11 is 0. The minimum absolute atomic E-state index is 0.00188. The Bertz CT molecular complexity index is 986. The fraction of sp³-hybridized carbons (Fsp3) is 0.348. The lowest BCUT2D eigenvalue weighted by Crippen LogP contribution is -2.38. The van der Waals surface area contributed by atoms with E-state index in [-0.39, 0.29) is 24.0 Å². The van der Waals surface area contributed by atoms with Crippen molar-refractivity contribution in [3.8, 4) is 5.69 Å². The van der Waals surface area contributed by atoms with Crippen LogP contribution in [-0.4, -0.2) is 51.8 Å². The van der Waals surface area contributed by atoms with Gasteiger partial charge in [0, 0.05) is 5.92 Å². The highest BCUT2D eigenvalue weighted by Gasteiger charge is 2.46. The summed E-state index contributed by atoms with van der Waals surface area (Å²) in [6.45, 7) is 1.90. The van der Waals surface area contributed by atoms with Crippen LogP contribution in [0.2, 0.25) is 0 Å². The largest absolute Gasteiger partial charge is 0.348 e. The van der Waals surface area contributed by atoms with Crippen molar-refractivity contribution in [3.05, 3.63) is 78.1 Å². The Morgan fingerprint density at radius 3 is 2.47 bits per heavy atom. The highest BCUT2D eigenvalue weighted by Crippen LogP contribution is 2.48. The van der Waals surface area contributed by atoms with Gasteiger partial charge >= 0.3 is 0 Å². The molecule has 3 aromatic rings.